The molecule has 7 heteroatoms. The van der Waals surface area contributed by atoms with E-state index in [1.807, 2.05) is 22.4 Å². The van der Waals surface area contributed by atoms with Crippen LogP contribution in [0.4, 0.5) is 0 Å². The summed E-state index contributed by atoms with van der Waals surface area (Å²) in [5.41, 5.74) is 0. The number of rotatable bonds is 2. The van der Waals surface area contributed by atoms with Crippen molar-refractivity contribution in [2.75, 3.05) is 18.1 Å². The van der Waals surface area contributed by atoms with Crippen molar-refractivity contribution in [3.05, 3.63) is 22.4 Å². The number of nitrogens with zero attached hydrogens (tertiary/aromatic N) is 1. The first-order valence-corrected chi connectivity index (χ1v) is 9.05. The second kappa shape index (κ2) is 4.88. The molecule has 3 heterocycles. The summed E-state index contributed by atoms with van der Waals surface area (Å²) in [6.45, 7) is 0.339. The van der Waals surface area contributed by atoms with Crippen molar-refractivity contribution >= 4 is 27.1 Å². The van der Waals surface area contributed by atoms with E-state index >= 15 is 0 Å². The van der Waals surface area contributed by atoms with E-state index < -0.39 is 9.84 Å². The van der Waals surface area contributed by atoms with Gasteiger partial charge >= 0.3 is 0 Å². The Morgan fingerprint density at radius 3 is 2.68 bits per heavy atom. The highest BCUT2D eigenvalue weighted by molar-refractivity contribution is 7.91. The van der Waals surface area contributed by atoms with Crippen molar-refractivity contribution in [1.82, 2.24) is 10.2 Å². The average Bonchev–Trinajstić information content (AvgIpc) is 2.98. The molecule has 0 aromatic carbocycles. The normalized spacial score (nSPS) is 27.9. The largest absolute Gasteiger partial charge is 0.318 e. The quantitative estimate of drug-likeness (QED) is 0.875. The highest BCUT2D eigenvalue weighted by Gasteiger charge is 2.39. The number of carbonyl (C=O) groups excluding carboxylic acids is 1. The number of hydrogen-bond acceptors (Lipinski definition) is 5. The fourth-order valence-corrected chi connectivity index (χ4v) is 5.04. The number of amides is 1. The molecule has 1 atom stereocenters. The molecule has 1 amide bonds. The maximum Gasteiger partial charge on any atom is 0.238 e. The first-order valence-electron chi connectivity index (χ1n) is 6.35. The maximum atomic E-state index is 12.1. The zero-order valence-electron chi connectivity index (χ0n) is 10.4. The number of carbonyl (C=O) groups is 1. The van der Waals surface area contributed by atoms with Crippen molar-refractivity contribution in [2.45, 2.75) is 25.0 Å². The minimum atomic E-state index is -2.89. The highest BCUT2D eigenvalue weighted by Crippen LogP contribution is 2.31. The first-order chi connectivity index (χ1) is 9.07. The molecular weight excluding hydrogens is 284 g/mol. The Balaban J connectivity index is 1.80. The van der Waals surface area contributed by atoms with Crippen LogP contribution in [0.1, 0.15) is 23.9 Å². The van der Waals surface area contributed by atoms with Gasteiger partial charge in [-0.15, -0.1) is 11.3 Å². The van der Waals surface area contributed by atoms with Crippen LogP contribution in [0.15, 0.2) is 17.5 Å². The third-order valence-electron chi connectivity index (χ3n) is 3.74. The Bertz CT molecular complexity index is 554. The Kier molecular flexibility index (Phi) is 3.36. The van der Waals surface area contributed by atoms with E-state index in [1.165, 1.54) is 0 Å². The summed E-state index contributed by atoms with van der Waals surface area (Å²) >= 11 is 1.62. The Labute approximate surface area is 116 Å². The van der Waals surface area contributed by atoms with E-state index in [-0.39, 0.29) is 29.6 Å². The van der Waals surface area contributed by atoms with Gasteiger partial charge in [0.25, 0.3) is 0 Å². The lowest BCUT2D eigenvalue weighted by molar-refractivity contribution is -0.130. The van der Waals surface area contributed by atoms with Gasteiger partial charge in [-0.3, -0.25) is 10.1 Å². The summed E-state index contributed by atoms with van der Waals surface area (Å²) in [4.78, 5) is 15.0. The summed E-state index contributed by atoms with van der Waals surface area (Å²) in [5.74, 6) is 0.458. The van der Waals surface area contributed by atoms with E-state index in [2.05, 4.69) is 5.32 Å². The topological polar surface area (TPSA) is 66.5 Å². The lowest BCUT2D eigenvalue weighted by Crippen LogP contribution is -2.44. The van der Waals surface area contributed by atoms with Gasteiger partial charge < -0.3 is 4.90 Å². The molecule has 2 fully saturated rings. The molecule has 2 saturated heterocycles. The summed E-state index contributed by atoms with van der Waals surface area (Å²) in [6.07, 6.45) is 1.02. The van der Waals surface area contributed by atoms with Crippen LogP contribution in [0, 0.1) is 0 Å². The van der Waals surface area contributed by atoms with Gasteiger partial charge in [0.2, 0.25) is 5.91 Å². The summed E-state index contributed by atoms with van der Waals surface area (Å²) in [5, 5.41) is 5.20. The van der Waals surface area contributed by atoms with Gasteiger partial charge in [-0.2, -0.15) is 0 Å². The van der Waals surface area contributed by atoms with Gasteiger partial charge in [0, 0.05) is 10.9 Å². The van der Waals surface area contributed by atoms with Crippen molar-refractivity contribution in [3.63, 3.8) is 0 Å². The SMILES string of the molecule is O=C1CNC(c2cccs2)N1C1CCS(=O)(=O)CC1. The van der Waals surface area contributed by atoms with Gasteiger partial charge in [-0.1, -0.05) is 6.07 Å². The minimum absolute atomic E-state index is 0.0399. The summed E-state index contributed by atoms with van der Waals surface area (Å²) in [6, 6.07) is 4.01. The Morgan fingerprint density at radius 1 is 1.32 bits per heavy atom. The zero-order chi connectivity index (χ0) is 13.5. The lowest BCUT2D eigenvalue weighted by atomic mass is 10.1. The van der Waals surface area contributed by atoms with Crippen LogP contribution in [0.25, 0.3) is 0 Å². The van der Waals surface area contributed by atoms with Crippen LogP contribution in [-0.2, 0) is 14.6 Å². The predicted octanol–water partition coefficient (Wildman–Crippen LogP) is 0.756. The van der Waals surface area contributed by atoms with E-state index in [1.54, 1.807) is 11.3 Å². The molecule has 0 radical (unpaired) electrons. The molecule has 1 aromatic heterocycles. The molecule has 2 aliphatic heterocycles. The molecule has 0 bridgehead atoms. The van der Waals surface area contributed by atoms with Gasteiger partial charge in [-0.05, 0) is 24.3 Å². The van der Waals surface area contributed by atoms with Crippen LogP contribution in [0.3, 0.4) is 0 Å². The smallest absolute Gasteiger partial charge is 0.238 e. The molecule has 0 saturated carbocycles. The van der Waals surface area contributed by atoms with Crippen LogP contribution in [-0.4, -0.2) is 43.3 Å². The van der Waals surface area contributed by atoms with E-state index in [0.717, 1.165) is 4.88 Å². The van der Waals surface area contributed by atoms with E-state index in [4.69, 9.17) is 0 Å². The van der Waals surface area contributed by atoms with Gasteiger partial charge in [0.05, 0.1) is 18.1 Å². The van der Waals surface area contributed by atoms with Gasteiger partial charge in [-0.25, -0.2) is 8.42 Å². The molecule has 0 aliphatic carbocycles. The van der Waals surface area contributed by atoms with Crippen molar-refractivity contribution in [2.24, 2.45) is 0 Å². The van der Waals surface area contributed by atoms with E-state index in [9.17, 15) is 13.2 Å². The number of sulfone groups is 1. The number of nitrogens with one attached hydrogen (secondary N) is 1. The van der Waals surface area contributed by atoms with Crippen LogP contribution >= 0.6 is 11.3 Å². The highest BCUT2D eigenvalue weighted by atomic mass is 32.2. The fraction of sp³-hybridized carbons (Fsp3) is 0.583. The van der Waals surface area contributed by atoms with Gasteiger partial charge in [0.15, 0.2) is 0 Å². The Morgan fingerprint density at radius 2 is 2.05 bits per heavy atom. The monoisotopic (exact) mass is 300 g/mol. The predicted molar refractivity (Wildman–Crippen MR) is 73.6 cm³/mol. The third-order valence-corrected chi connectivity index (χ3v) is 6.38. The number of thiophene rings is 1. The first kappa shape index (κ1) is 13.1. The third kappa shape index (κ3) is 2.54. The van der Waals surface area contributed by atoms with Crippen molar-refractivity contribution < 1.29 is 13.2 Å². The number of hydrogen-bond donors (Lipinski definition) is 1. The molecule has 104 valence electrons. The summed E-state index contributed by atoms with van der Waals surface area (Å²) in [7, 11) is -2.89. The second-order valence-corrected chi connectivity index (χ2v) is 8.27. The summed E-state index contributed by atoms with van der Waals surface area (Å²) < 4.78 is 23.0. The lowest BCUT2D eigenvalue weighted by Gasteiger charge is -2.34. The molecule has 1 aromatic rings. The molecule has 19 heavy (non-hydrogen) atoms. The van der Waals surface area contributed by atoms with Crippen LogP contribution in [0.2, 0.25) is 0 Å². The van der Waals surface area contributed by atoms with Gasteiger partial charge in [0.1, 0.15) is 16.0 Å². The average molecular weight is 300 g/mol. The maximum absolute atomic E-state index is 12.1. The van der Waals surface area contributed by atoms with Crippen LogP contribution in [0.5, 0.6) is 0 Å². The fourth-order valence-electron chi connectivity index (χ4n) is 2.77. The van der Waals surface area contributed by atoms with Crippen molar-refractivity contribution in [1.29, 1.82) is 0 Å². The minimum Gasteiger partial charge on any atom is -0.318 e. The second-order valence-electron chi connectivity index (χ2n) is 4.98. The van der Waals surface area contributed by atoms with E-state index in [0.29, 0.717) is 19.4 Å². The molecule has 5 nitrogen and oxygen atoms in total. The Hall–Kier alpha value is -0.920. The molecular formula is C12H16N2O3S2. The molecule has 3 rings (SSSR count). The molecule has 1 N–H and O–H groups in total. The zero-order valence-corrected chi connectivity index (χ0v) is 12.0. The van der Waals surface area contributed by atoms with Crippen LogP contribution < -0.4 is 5.32 Å². The standard InChI is InChI=1S/C12H16N2O3S2/c15-11-8-13-12(10-2-1-5-18-10)14(11)9-3-6-19(16,17)7-4-9/h1-2,5,9,12-13H,3-4,6-8H2. The molecule has 1 unspecified atom stereocenters. The molecule has 2 aliphatic rings. The van der Waals surface area contributed by atoms with Crippen molar-refractivity contribution in [3.8, 4) is 0 Å². The molecule has 0 spiro atoms.